The molecule has 2 fully saturated rings. The van der Waals surface area contributed by atoms with Gasteiger partial charge in [0.05, 0.1) is 6.54 Å². The van der Waals surface area contributed by atoms with Gasteiger partial charge >= 0.3 is 0 Å². The number of amides is 3. The summed E-state index contributed by atoms with van der Waals surface area (Å²) in [6.45, 7) is 0.844. The molecule has 50 heavy (non-hydrogen) atoms. The van der Waals surface area contributed by atoms with Crippen molar-refractivity contribution < 1.29 is 19.1 Å². The number of nitrogen functional groups attached to an aromatic ring is 1. The van der Waals surface area contributed by atoms with Crippen molar-refractivity contribution in [3.8, 4) is 5.75 Å². The monoisotopic (exact) mass is 688 g/mol. The molecular formula is C38H56N8O4. The fraction of sp³-hybridized carbons (Fsp3) is 0.553. The highest BCUT2D eigenvalue weighted by Gasteiger charge is 2.37. The number of carbonyl (C=O) groups is 3. The first-order valence-electron chi connectivity index (χ1n) is 18.3. The average Bonchev–Trinajstić information content (AvgIpc) is 3.13. The Hall–Kier alpha value is -4.61. The summed E-state index contributed by atoms with van der Waals surface area (Å²) in [5, 5.41) is 16.8. The molecule has 2 aliphatic rings. The number of para-hydroxylation sites is 1. The molecule has 10 N–H and O–H groups in total. The van der Waals surface area contributed by atoms with Crippen molar-refractivity contribution in [2.75, 3.05) is 19.7 Å². The van der Waals surface area contributed by atoms with Gasteiger partial charge in [-0.1, -0.05) is 81.0 Å². The van der Waals surface area contributed by atoms with Gasteiger partial charge in [0, 0.05) is 18.0 Å². The molecule has 0 aliphatic heterocycles. The van der Waals surface area contributed by atoms with Gasteiger partial charge in [0.2, 0.25) is 17.7 Å². The van der Waals surface area contributed by atoms with E-state index in [0.717, 1.165) is 69.8 Å². The summed E-state index contributed by atoms with van der Waals surface area (Å²) >= 11 is 0. The van der Waals surface area contributed by atoms with E-state index in [4.69, 9.17) is 27.3 Å². The van der Waals surface area contributed by atoms with Crippen LogP contribution in [0.25, 0.3) is 0 Å². The lowest BCUT2D eigenvalue weighted by Gasteiger charge is -2.34. The Bertz CT molecular complexity index is 1400. The molecule has 0 heterocycles. The second-order valence-corrected chi connectivity index (χ2v) is 13.7. The molecule has 0 aromatic heterocycles. The Morgan fingerprint density at radius 3 is 2.06 bits per heavy atom. The normalized spacial score (nSPS) is 17.0. The zero-order valence-electron chi connectivity index (χ0n) is 29.2. The van der Waals surface area contributed by atoms with E-state index in [1.54, 1.807) is 0 Å². The van der Waals surface area contributed by atoms with E-state index in [1.165, 1.54) is 0 Å². The summed E-state index contributed by atoms with van der Waals surface area (Å²) in [6.07, 6.45) is 11.3. The summed E-state index contributed by atoms with van der Waals surface area (Å²) in [4.78, 5) is 46.0. The van der Waals surface area contributed by atoms with Crippen LogP contribution in [-0.4, -0.2) is 61.3 Å². The number of hydrogen-bond donors (Lipinski definition) is 7. The highest BCUT2D eigenvalue weighted by atomic mass is 16.5. The third-order valence-electron chi connectivity index (χ3n) is 9.97. The number of nitrogens with one attached hydrogen (secondary N) is 4. The van der Waals surface area contributed by atoms with E-state index >= 15 is 0 Å². The Balaban J connectivity index is 1.48. The minimum Gasteiger partial charge on any atom is -0.492 e. The maximum atomic E-state index is 14.3. The number of nitrogens with two attached hydrogens (primary N) is 3. The SMILES string of the molecule is N=C(N)c1ccc(CC(C(=O)NC(C(=O)N[C@@H](CCCN=C(N)N)C(=O)NCCOc2ccccc2)C2CCCCC2)C2CCCCC2)cc1. The van der Waals surface area contributed by atoms with Crippen molar-refractivity contribution in [3.63, 3.8) is 0 Å². The van der Waals surface area contributed by atoms with Crippen LogP contribution in [0.3, 0.4) is 0 Å². The molecule has 0 bridgehead atoms. The summed E-state index contributed by atoms with van der Waals surface area (Å²) < 4.78 is 5.72. The summed E-state index contributed by atoms with van der Waals surface area (Å²) in [6, 6.07) is 15.2. The van der Waals surface area contributed by atoms with Crippen LogP contribution in [0.2, 0.25) is 0 Å². The third kappa shape index (κ3) is 12.4. The molecule has 3 atom stereocenters. The number of benzene rings is 2. The lowest BCUT2D eigenvalue weighted by molar-refractivity contribution is -0.135. The first-order chi connectivity index (χ1) is 24.2. The van der Waals surface area contributed by atoms with Crippen molar-refractivity contribution >= 4 is 29.5 Å². The van der Waals surface area contributed by atoms with Gasteiger partial charge in [0.1, 0.15) is 30.3 Å². The molecule has 3 amide bonds. The third-order valence-corrected chi connectivity index (χ3v) is 9.97. The van der Waals surface area contributed by atoms with Crippen molar-refractivity contribution in [2.24, 2.45) is 39.9 Å². The van der Waals surface area contributed by atoms with Crippen molar-refractivity contribution in [3.05, 3.63) is 65.7 Å². The first-order valence-corrected chi connectivity index (χ1v) is 18.3. The summed E-state index contributed by atoms with van der Waals surface area (Å²) in [7, 11) is 0. The van der Waals surface area contributed by atoms with Gasteiger partial charge in [-0.2, -0.15) is 0 Å². The van der Waals surface area contributed by atoms with E-state index in [0.29, 0.717) is 37.1 Å². The van der Waals surface area contributed by atoms with Crippen LogP contribution < -0.4 is 37.9 Å². The summed E-state index contributed by atoms with van der Waals surface area (Å²) in [5.74, 6) is -0.250. The number of amidine groups is 1. The fourth-order valence-electron chi connectivity index (χ4n) is 7.23. The number of carbonyl (C=O) groups excluding carboxylic acids is 3. The molecule has 2 unspecified atom stereocenters. The van der Waals surface area contributed by atoms with Gasteiger partial charge in [-0.15, -0.1) is 0 Å². The first kappa shape index (κ1) is 38.2. The fourth-order valence-corrected chi connectivity index (χ4v) is 7.23. The van der Waals surface area contributed by atoms with Gasteiger partial charge in [0.25, 0.3) is 0 Å². The Morgan fingerprint density at radius 1 is 0.800 bits per heavy atom. The number of guanidine groups is 1. The molecule has 2 aromatic carbocycles. The van der Waals surface area contributed by atoms with Gasteiger partial charge in [0.15, 0.2) is 5.96 Å². The molecule has 0 saturated heterocycles. The average molecular weight is 689 g/mol. The minimum atomic E-state index is -0.842. The number of ether oxygens (including phenoxy) is 1. The topological polar surface area (TPSA) is 211 Å². The van der Waals surface area contributed by atoms with Crippen LogP contribution in [0.4, 0.5) is 0 Å². The van der Waals surface area contributed by atoms with E-state index in [2.05, 4.69) is 20.9 Å². The number of rotatable bonds is 18. The van der Waals surface area contributed by atoms with Crippen LogP contribution in [0, 0.1) is 23.2 Å². The van der Waals surface area contributed by atoms with E-state index in [1.807, 2.05) is 54.6 Å². The quantitative estimate of drug-likeness (QED) is 0.0703. The van der Waals surface area contributed by atoms with Crippen LogP contribution in [0.5, 0.6) is 5.75 Å². The number of nitrogens with zero attached hydrogens (tertiary/aromatic N) is 1. The van der Waals surface area contributed by atoms with Crippen molar-refractivity contribution in [1.82, 2.24) is 16.0 Å². The second-order valence-electron chi connectivity index (χ2n) is 13.7. The van der Waals surface area contributed by atoms with Crippen LogP contribution in [0.1, 0.15) is 88.2 Å². The Labute approximate surface area is 296 Å². The maximum Gasteiger partial charge on any atom is 0.243 e. The lowest BCUT2D eigenvalue weighted by atomic mass is 9.76. The predicted molar refractivity (Wildman–Crippen MR) is 197 cm³/mol. The van der Waals surface area contributed by atoms with Gasteiger partial charge < -0.3 is 37.9 Å². The smallest absolute Gasteiger partial charge is 0.243 e. The van der Waals surface area contributed by atoms with Crippen molar-refractivity contribution in [1.29, 1.82) is 5.41 Å². The predicted octanol–water partition coefficient (Wildman–Crippen LogP) is 3.51. The van der Waals surface area contributed by atoms with Crippen LogP contribution >= 0.6 is 0 Å². The molecule has 2 saturated carbocycles. The zero-order valence-corrected chi connectivity index (χ0v) is 29.2. The molecule has 12 nitrogen and oxygen atoms in total. The van der Waals surface area contributed by atoms with Gasteiger partial charge in [-0.3, -0.25) is 24.8 Å². The highest BCUT2D eigenvalue weighted by molar-refractivity contribution is 5.95. The Kier molecular flexibility index (Phi) is 15.4. The standard InChI is InChI=1S/C38H56N8O4/c39-34(40)29-20-18-26(19-21-29)25-31(27-11-4-1-5-12-27)35(47)46-33(28-13-6-2-7-14-28)37(49)45-32(17-10-22-44-38(41)42)36(48)43-23-24-50-30-15-8-3-9-16-30/h3,8-9,15-16,18-21,27-28,31-33H,1-2,4-7,10-14,17,22-25H2,(H3,39,40)(H,43,48)(H,45,49)(H,46,47)(H4,41,42,44)/t31?,32-,33?/m0/s1. The molecule has 2 aromatic rings. The molecule has 12 heteroatoms. The molecule has 0 spiro atoms. The largest absolute Gasteiger partial charge is 0.492 e. The van der Waals surface area contributed by atoms with Crippen LogP contribution in [-0.2, 0) is 20.8 Å². The number of aliphatic imine (C=N–C) groups is 1. The van der Waals surface area contributed by atoms with Crippen molar-refractivity contribution in [2.45, 2.75) is 95.6 Å². The van der Waals surface area contributed by atoms with Gasteiger partial charge in [-0.25, -0.2) is 0 Å². The molecule has 2 aliphatic carbocycles. The maximum absolute atomic E-state index is 14.3. The molecule has 272 valence electrons. The highest BCUT2D eigenvalue weighted by Crippen LogP contribution is 2.33. The Morgan fingerprint density at radius 2 is 1.44 bits per heavy atom. The minimum absolute atomic E-state index is 0.00296. The van der Waals surface area contributed by atoms with E-state index < -0.39 is 12.1 Å². The van der Waals surface area contributed by atoms with E-state index in [9.17, 15) is 14.4 Å². The van der Waals surface area contributed by atoms with Crippen LogP contribution in [0.15, 0.2) is 59.6 Å². The lowest BCUT2D eigenvalue weighted by Crippen LogP contribution is -2.57. The molecular weight excluding hydrogens is 632 g/mol. The molecule has 0 radical (unpaired) electrons. The summed E-state index contributed by atoms with van der Waals surface area (Å²) in [5.41, 5.74) is 18.3. The number of hydrogen-bond acceptors (Lipinski definition) is 6. The van der Waals surface area contributed by atoms with Gasteiger partial charge in [-0.05, 0) is 74.5 Å². The molecule has 4 rings (SSSR count). The zero-order chi connectivity index (χ0) is 35.7. The second kappa shape index (κ2) is 20.2. The van der Waals surface area contributed by atoms with E-state index in [-0.39, 0.29) is 60.4 Å².